The van der Waals surface area contributed by atoms with E-state index in [0.717, 1.165) is 17.3 Å². The number of aromatic nitrogens is 1. The summed E-state index contributed by atoms with van der Waals surface area (Å²) in [7, 11) is 0. The van der Waals surface area contributed by atoms with Gasteiger partial charge in [0.2, 0.25) is 0 Å². The molecule has 0 unspecified atom stereocenters. The molecule has 1 heterocycles. The number of fused-ring (bicyclic) bond motifs is 1. The zero-order valence-electron chi connectivity index (χ0n) is 9.54. The van der Waals surface area contributed by atoms with Gasteiger partial charge < -0.3 is 9.72 Å². The molecule has 1 N–H and O–H groups in total. The third-order valence-electron chi connectivity index (χ3n) is 2.63. The predicted octanol–water partition coefficient (Wildman–Crippen LogP) is 2.91. The van der Waals surface area contributed by atoms with E-state index < -0.39 is 0 Å². The van der Waals surface area contributed by atoms with Crippen molar-refractivity contribution in [3.05, 3.63) is 35.5 Å². The van der Waals surface area contributed by atoms with Crippen molar-refractivity contribution in [2.45, 2.75) is 20.3 Å². The van der Waals surface area contributed by atoms with Gasteiger partial charge >= 0.3 is 5.97 Å². The van der Waals surface area contributed by atoms with Crippen LogP contribution in [0.4, 0.5) is 0 Å². The summed E-state index contributed by atoms with van der Waals surface area (Å²) < 4.78 is 4.96. The molecule has 0 bridgehead atoms. The number of aromatic amines is 1. The van der Waals surface area contributed by atoms with E-state index >= 15 is 0 Å². The lowest BCUT2D eigenvalue weighted by Crippen LogP contribution is -2.04. The molecule has 0 saturated heterocycles. The third-order valence-corrected chi connectivity index (χ3v) is 2.63. The van der Waals surface area contributed by atoms with Crippen LogP contribution in [0.3, 0.4) is 0 Å². The summed E-state index contributed by atoms with van der Waals surface area (Å²) >= 11 is 0. The first kappa shape index (κ1) is 10.7. The summed E-state index contributed by atoms with van der Waals surface area (Å²) in [6.45, 7) is 4.30. The number of hydrogen-bond acceptors (Lipinski definition) is 2. The van der Waals surface area contributed by atoms with Gasteiger partial charge in [-0.3, -0.25) is 0 Å². The van der Waals surface area contributed by atoms with Crippen LogP contribution in [-0.4, -0.2) is 17.6 Å². The van der Waals surface area contributed by atoms with Gasteiger partial charge in [0, 0.05) is 10.9 Å². The SMILES string of the molecule is CCOC(=O)c1cc2c(CC)cccc2[nH]1. The molecule has 0 spiro atoms. The average molecular weight is 217 g/mol. The number of nitrogens with one attached hydrogen (secondary N) is 1. The van der Waals surface area contributed by atoms with E-state index in [1.165, 1.54) is 5.56 Å². The monoisotopic (exact) mass is 217 g/mol. The van der Waals surface area contributed by atoms with Gasteiger partial charge in [0.05, 0.1) is 6.61 Å². The van der Waals surface area contributed by atoms with Crippen molar-refractivity contribution in [2.75, 3.05) is 6.61 Å². The first-order valence-electron chi connectivity index (χ1n) is 5.54. The van der Waals surface area contributed by atoms with Gasteiger partial charge in [-0.05, 0) is 31.0 Å². The Balaban J connectivity index is 2.47. The Labute approximate surface area is 94.4 Å². The molecular weight excluding hydrogens is 202 g/mol. The van der Waals surface area contributed by atoms with E-state index in [1.54, 1.807) is 6.92 Å². The van der Waals surface area contributed by atoms with Crippen LogP contribution in [0, 0.1) is 0 Å². The lowest BCUT2D eigenvalue weighted by molar-refractivity contribution is 0.0520. The van der Waals surface area contributed by atoms with Gasteiger partial charge in [-0.1, -0.05) is 19.1 Å². The highest BCUT2D eigenvalue weighted by atomic mass is 16.5. The van der Waals surface area contributed by atoms with Gasteiger partial charge in [0.15, 0.2) is 0 Å². The number of benzene rings is 1. The summed E-state index contributed by atoms with van der Waals surface area (Å²) in [5.41, 5.74) is 2.75. The van der Waals surface area contributed by atoms with Crippen molar-refractivity contribution in [1.29, 1.82) is 0 Å². The highest BCUT2D eigenvalue weighted by Gasteiger charge is 2.11. The van der Waals surface area contributed by atoms with Crippen LogP contribution in [0.25, 0.3) is 10.9 Å². The fraction of sp³-hybridized carbons (Fsp3) is 0.308. The van der Waals surface area contributed by atoms with Crippen molar-refractivity contribution < 1.29 is 9.53 Å². The van der Waals surface area contributed by atoms with Crippen molar-refractivity contribution >= 4 is 16.9 Å². The highest BCUT2D eigenvalue weighted by molar-refractivity contribution is 5.95. The van der Waals surface area contributed by atoms with Crippen LogP contribution in [0.15, 0.2) is 24.3 Å². The van der Waals surface area contributed by atoms with Crippen LogP contribution in [-0.2, 0) is 11.2 Å². The smallest absolute Gasteiger partial charge is 0.354 e. The van der Waals surface area contributed by atoms with Crippen molar-refractivity contribution in [3.8, 4) is 0 Å². The van der Waals surface area contributed by atoms with E-state index in [0.29, 0.717) is 12.3 Å². The van der Waals surface area contributed by atoms with Crippen molar-refractivity contribution in [3.63, 3.8) is 0 Å². The second kappa shape index (κ2) is 4.39. The summed E-state index contributed by atoms with van der Waals surface area (Å²) in [6.07, 6.45) is 0.956. The van der Waals surface area contributed by atoms with Crippen LogP contribution >= 0.6 is 0 Å². The highest BCUT2D eigenvalue weighted by Crippen LogP contribution is 2.20. The maximum atomic E-state index is 11.6. The maximum Gasteiger partial charge on any atom is 0.354 e. The molecule has 0 aliphatic heterocycles. The molecule has 1 aromatic heterocycles. The van der Waals surface area contributed by atoms with Crippen molar-refractivity contribution in [2.24, 2.45) is 0 Å². The lowest BCUT2D eigenvalue weighted by Gasteiger charge is -1.96. The zero-order chi connectivity index (χ0) is 11.5. The molecule has 2 aromatic rings. The fourth-order valence-electron chi connectivity index (χ4n) is 1.85. The molecule has 3 nitrogen and oxygen atoms in total. The Hall–Kier alpha value is -1.77. The Morgan fingerprint density at radius 2 is 2.19 bits per heavy atom. The molecule has 0 fully saturated rings. The fourth-order valence-corrected chi connectivity index (χ4v) is 1.85. The predicted molar refractivity (Wildman–Crippen MR) is 63.6 cm³/mol. The maximum absolute atomic E-state index is 11.6. The molecule has 0 saturated carbocycles. The standard InChI is InChI=1S/C13H15NO2/c1-3-9-6-5-7-11-10(9)8-12(14-11)13(15)16-4-2/h5-8,14H,3-4H2,1-2H3. The first-order chi connectivity index (χ1) is 7.76. The van der Waals surface area contributed by atoms with E-state index in [1.807, 2.05) is 18.2 Å². The largest absolute Gasteiger partial charge is 0.461 e. The van der Waals surface area contributed by atoms with Gasteiger partial charge in [-0.2, -0.15) is 0 Å². The lowest BCUT2D eigenvalue weighted by atomic mass is 10.1. The molecule has 2 rings (SSSR count). The van der Waals surface area contributed by atoms with E-state index in [9.17, 15) is 4.79 Å². The molecule has 0 atom stereocenters. The minimum atomic E-state index is -0.291. The second-order valence-electron chi connectivity index (χ2n) is 3.64. The van der Waals surface area contributed by atoms with Crippen molar-refractivity contribution in [1.82, 2.24) is 4.98 Å². The number of carbonyl (C=O) groups is 1. The summed E-state index contributed by atoms with van der Waals surface area (Å²) in [6, 6.07) is 7.90. The number of aryl methyl sites for hydroxylation is 1. The number of H-pyrrole nitrogens is 1. The minimum absolute atomic E-state index is 0.291. The second-order valence-corrected chi connectivity index (χ2v) is 3.64. The van der Waals surface area contributed by atoms with Gasteiger partial charge in [0.1, 0.15) is 5.69 Å². The number of esters is 1. The Bertz CT molecular complexity index is 514. The average Bonchev–Trinajstić information content (AvgIpc) is 2.72. The Morgan fingerprint density at radius 1 is 1.38 bits per heavy atom. The summed E-state index contributed by atoms with van der Waals surface area (Å²) in [4.78, 5) is 14.6. The number of carbonyl (C=O) groups excluding carboxylic acids is 1. The quantitative estimate of drug-likeness (QED) is 0.803. The molecule has 0 aliphatic carbocycles. The van der Waals surface area contributed by atoms with Gasteiger partial charge in [-0.25, -0.2) is 4.79 Å². The first-order valence-corrected chi connectivity index (χ1v) is 5.54. The topological polar surface area (TPSA) is 42.1 Å². The molecule has 0 radical (unpaired) electrons. The van der Waals surface area contributed by atoms with E-state index in [-0.39, 0.29) is 5.97 Å². The Kier molecular flexibility index (Phi) is 2.95. The Morgan fingerprint density at radius 3 is 2.88 bits per heavy atom. The van der Waals surface area contributed by atoms with E-state index in [4.69, 9.17) is 4.74 Å². The number of ether oxygens (including phenoxy) is 1. The summed E-state index contributed by atoms with van der Waals surface area (Å²) in [5.74, 6) is -0.291. The molecule has 3 heteroatoms. The minimum Gasteiger partial charge on any atom is -0.461 e. The van der Waals surface area contributed by atoms with Gasteiger partial charge in [0.25, 0.3) is 0 Å². The molecule has 84 valence electrons. The molecule has 0 aliphatic rings. The molecule has 0 amide bonds. The molecule has 1 aromatic carbocycles. The third kappa shape index (κ3) is 1.81. The van der Waals surface area contributed by atoms with Crippen LogP contribution in [0.2, 0.25) is 0 Å². The molecule has 16 heavy (non-hydrogen) atoms. The van der Waals surface area contributed by atoms with Gasteiger partial charge in [-0.15, -0.1) is 0 Å². The molecular formula is C13H15NO2. The summed E-state index contributed by atoms with van der Waals surface area (Å²) in [5, 5.41) is 1.10. The normalized spacial score (nSPS) is 10.6. The number of hydrogen-bond donors (Lipinski definition) is 1. The van der Waals surface area contributed by atoms with Crippen LogP contribution < -0.4 is 0 Å². The van der Waals surface area contributed by atoms with E-state index in [2.05, 4.69) is 18.0 Å². The number of rotatable bonds is 3. The zero-order valence-corrected chi connectivity index (χ0v) is 9.54. The van der Waals surface area contributed by atoms with Crippen LogP contribution in [0.5, 0.6) is 0 Å². The van der Waals surface area contributed by atoms with Crippen LogP contribution in [0.1, 0.15) is 29.9 Å².